The van der Waals surface area contributed by atoms with Gasteiger partial charge in [-0.3, -0.25) is 0 Å². The van der Waals surface area contributed by atoms with Crippen molar-refractivity contribution >= 4 is 11.6 Å². The first-order valence-electron chi connectivity index (χ1n) is 5.30. The smallest absolute Gasteiger partial charge is 0.318 e. The minimum absolute atomic E-state index is 0.210. The molecule has 0 saturated carbocycles. The summed E-state index contributed by atoms with van der Waals surface area (Å²) in [5, 5.41) is 9.47. The topological polar surface area (TPSA) is 58.8 Å². The first kappa shape index (κ1) is 12.3. The van der Waals surface area contributed by atoms with Crippen LogP contribution in [0.5, 0.6) is 6.01 Å². The minimum atomic E-state index is 0.210. The van der Waals surface area contributed by atoms with Crippen LogP contribution in [0.4, 0.5) is 0 Å². The predicted octanol–water partition coefficient (Wildman–Crippen LogP) is 2.89. The fraction of sp³-hybridized carbons (Fsp3) is 0.154. The van der Waals surface area contributed by atoms with E-state index < -0.39 is 0 Å². The number of ether oxygens (including phenoxy) is 1. The molecule has 0 aliphatic heterocycles. The summed E-state index contributed by atoms with van der Waals surface area (Å²) in [7, 11) is 0. The van der Waals surface area contributed by atoms with Gasteiger partial charge in [0.15, 0.2) is 0 Å². The van der Waals surface area contributed by atoms with E-state index in [-0.39, 0.29) is 6.01 Å². The molecule has 0 atom stereocenters. The van der Waals surface area contributed by atoms with Gasteiger partial charge in [-0.05, 0) is 30.7 Å². The monoisotopic (exact) mass is 259 g/mol. The quantitative estimate of drug-likeness (QED) is 0.850. The number of aryl methyl sites for hydroxylation is 1. The van der Waals surface area contributed by atoms with Crippen molar-refractivity contribution in [3.63, 3.8) is 0 Å². The van der Waals surface area contributed by atoms with Gasteiger partial charge in [-0.2, -0.15) is 10.2 Å². The summed E-state index contributed by atoms with van der Waals surface area (Å²) in [5.74, 6) is 0. The summed E-state index contributed by atoms with van der Waals surface area (Å²) in [4.78, 5) is 8.07. The summed E-state index contributed by atoms with van der Waals surface area (Å²) in [5.41, 5.74) is 1.96. The van der Waals surface area contributed by atoms with Crippen LogP contribution in [0.2, 0.25) is 5.02 Å². The van der Waals surface area contributed by atoms with Gasteiger partial charge in [0.2, 0.25) is 0 Å². The third kappa shape index (κ3) is 3.19. The maximum atomic E-state index is 8.79. The van der Waals surface area contributed by atoms with Gasteiger partial charge in [-0.1, -0.05) is 23.7 Å². The second kappa shape index (κ2) is 5.48. The number of nitriles is 1. The summed E-state index contributed by atoms with van der Waals surface area (Å²) in [6.45, 7) is 2.13. The van der Waals surface area contributed by atoms with Crippen LogP contribution in [0.3, 0.4) is 0 Å². The number of hydrogen-bond acceptors (Lipinski definition) is 4. The van der Waals surface area contributed by atoms with Crippen LogP contribution in [0.25, 0.3) is 0 Å². The second-order valence-corrected chi connectivity index (χ2v) is 4.14. The molecule has 0 aliphatic carbocycles. The normalized spacial score (nSPS) is 9.83. The van der Waals surface area contributed by atoms with E-state index in [9.17, 15) is 0 Å². The average molecular weight is 260 g/mol. The van der Waals surface area contributed by atoms with Crippen molar-refractivity contribution in [1.82, 2.24) is 9.97 Å². The Hall–Kier alpha value is -2.12. The van der Waals surface area contributed by atoms with E-state index >= 15 is 0 Å². The van der Waals surface area contributed by atoms with Crippen molar-refractivity contribution in [2.45, 2.75) is 13.5 Å². The van der Waals surface area contributed by atoms with Crippen LogP contribution in [0.1, 0.15) is 17.0 Å². The van der Waals surface area contributed by atoms with Crippen molar-refractivity contribution in [3.8, 4) is 12.1 Å². The molecule has 0 unspecified atom stereocenters. The van der Waals surface area contributed by atoms with Gasteiger partial charge in [0.1, 0.15) is 18.4 Å². The number of rotatable bonds is 3. The molecule has 1 heterocycles. The van der Waals surface area contributed by atoms with Crippen molar-refractivity contribution in [2.75, 3.05) is 0 Å². The molecule has 1 aromatic carbocycles. The molecule has 2 rings (SSSR count). The highest BCUT2D eigenvalue weighted by Crippen LogP contribution is 2.12. The van der Waals surface area contributed by atoms with E-state index in [0.29, 0.717) is 23.0 Å². The van der Waals surface area contributed by atoms with Gasteiger partial charge in [-0.15, -0.1) is 0 Å². The van der Waals surface area contributed by atoms with E-state index in [1.165, 1.54) is 0 Å². The number of halogens is 1. The van der Waals surface area contributed by atoms with Crippen LogP contribution < -0.4 is 4.74 Å². The summed E-state index contributed by atoms with van der Waals surface area (Å²) < 4.78 is 5.44. The lowest BCUT2D eigenvalue weighted by Crippen LogP contribution is -2.01. The Kier molecular flexibility index (Phi) is 3.75. The lowest BCUT2D eigenvalue weighted by atomic mass is 10.2. The zero-order chi connectivity index (χ0) is 13.0. The van der Waals surface area contributed by atoms with E-state index in [4.69, 9.17) is 21.6 Å². The molecule has 2 aromatic rings. The zero-order valence-electron chi connectivity index (χ0n) is 9.72. The standard InChI is InChI=1S/C13H10ClN3O/c1-9-6-12(7-15)17-13(16-9)18-8-10-2-4-11(14)5-3-10/h2-6H,8H2,1H3. The van der Waals surface area contributed by atoms with Crippen molar-refractivity contribution in [1.29, 1.82) is 5.26 Å². The fourth-order valence-corrected chi connectivity index (χ4v) is 1.52. The Balaban J connectivity index is 2.08. The Bertz CT molecular complexity index is 590. The van der Waals surface area contributed by atoms with E-state index in [0.717, 1.165) is 5.56 Å². The third-order valence-corrected chi connectivity index (χ3v) is 2.48. The number of benzene rings is 1. The molecule has 90 valence electrons. The van der Waals surface area contributed by atoms with Gasteiger partial charge in [0.25, 0.3) is 0 Å². The van der Waals surface area contributed by atoms with Crippen LogP contribution in [0, 0.1) is 18.3 Å². The molecule has 0 bridgehead atoms. The van der Waals surface area contributed by atoms with Crippen LogP contribution in [-0.4, -0.2) is 9.97 Å². The number of nitrogens with zero attached hydrogens (tertiary/aromatic N) is 3. The number of hydrogen-bond donors (Lipinski definition) is 0. The highest BCUT2D eigenvalue weighted by Gasteiger charge is 2.03. The van der Waals surface area contributed by atoms with Gasteiger partial charge < -0.3 is 4.74 Å². The Morgan fingerprint density at radius 2 is 2.00 bits per heavy atom. The van der Waals surface area contributed by atoms with Crippen LogP contribution in [0.15, 0.2) is 30.3 Å². The SMILES string of the molecule is Cc1cc(C#N)nc(OCc2ccc(Cl)cc2)n1. The van der Waals surface area contributed by atoms with Crippen LogP contribution >= 0.6 is 11.6 Å². The molecule has 18 heavy (non-hydrogen) atoms. The molecule has 0 amide bonds. The van der Waals surface area contributed by atoms with Crippen LogP contribution in [-0.2, 0) is 6.61 Å². The van der Waals surface area contributed by atoms with E-state index in [1.807, 2.05) is 18.2 Å². The lowest BCUT2D eigenvalue weighted by molar-refractivity contribution is 0.279. The summed E-state index contributed by atoms with van der Waals surface area (Å²) in [6, 6.07) is 11.1. The molecule has 0 aliphatic rings. The maximum absolute atomic E-state index is 8.79. The van der Waals surface area contributed by atoms with E-state index in [1.54, 1.807) is 25.1 Å². The zero-order valence-corrected chi connectivity index (χ0v) is 10.5. The van der Waals surface area contributed by atoms with Gasteiger partial charge in [0.05, 0.1) is 0 Å². The molecule has 0 saturated heterocycles. The molecule has 5 heteroatoms. The molecular weight excluding hydrogens is 250 g/mol. The number of aromatic nitrogens is 2. The van der Waals surface area contributed by atoms with E-state index in [2.05, 4.69) is 9.97 Å². The first-order valence-corrected chi connectivity index (χ1v) is 5.68. The molecule has 0 fully saturated rings. The average Bonchev–Trinajstić information content (AvgIpc) is 2.37. The first-order chi connectivity index (χ1) is 8.67. The maximum Gasteiger partial charge on any atom is 0.318 e. The van der Waals surface area contributed by atoms with Gasteiger partial charge >= 0.3 is 6.01 Å². The minimum Gasteiger partial charge on any atom is -0.459 e. The molecule has 0 radical (unpaired) electrons. The molecule has 4 nitrogen and oxygen atoms in total. The summed E-state index contributed by atoms with van der Waals surface area (Å²) in [6.07, 6.45) is 0. The third-order valence-electron chi connectivity index (χ3n) is 2.23. The molecular formula is C13H10ClN3O. The fourth-order valence-electron chi connectivity index (χ4n) is 1.39. The Morgan fingerprint density at radius 1 is 1.28 bits per heavy atom. The van der Waals surface area contributed by atoms with Crippen molar-refractivity contribution in [3.05, 3.63) is 52.3 Å². The highest BCUT2D eigenvalue weighted by molar-refractivity contribution is 6.30. The summed E-state index contributed by atoms with van der Waals surface area (Å²) >= 11 is 5.79. The van der Waals surface area contributed by atoms with Crippen molar-refractivity contribution in [2.24, 2.45) is 0 Å². The Labute approximate surface area is 110 Å². The van der Waals surface area contributed by atoms with Crippen molar-refractivity contribution < 1.29 is 4.74 Å². The second-order valence-electron chi connectivity index (χ2n) is 3.70. The molecule has 1 aromatic heterocycles. The molecule has 0 N–H and O–H groups in total. The Morgan fingerprint density at radius 3 is 2.67 bits per heavy atom. The molecule has 0 spiro atoms. The predicted molar refractivity (Wildman–Crippen MR) is 67.3 cm³/mol. The van der Waals surface area contributed by atoms with Gasteiger partial charge in [0, 0.05) is 10.7 Å². The highest BCUT2D eigenvalue weighted by atomic mass is 35.5. The van der Waals surface area contributed by atoms with Gasteiger partial charge in [-0.25, -0.2) is 4.98 Å². The largest absolute Gasteiger partial charge is 0.459 e. The lowest BCUT2D eigenvalue weighted by Gasteiger charge is -2.05.